The molecule has 10 nitrogen and oxygen atoms in total. The van der Waals surface area contributed by atoms with E-state index in [1.807, 2.05) is 45.0 Å². The van der Waals surface area contributed by atoms with Gasteiger partial charge < -0.3 is 15.4 Å². The summed E-state index contributed by atoms with van der Waals surface area (Å²) in [5, 5.41) is 22.1. The van der Waals surface area contributed by atoms with E-state index in [9.17, 15) is 9.59 Å². The lowest BCUT2D eigenvalue weighted by molar-refractivity contribution is -0.131. The van der Waals surface area contributed by atoms with Gasteiger partial charge in [-0.05, 0) is 37.0 Å². The molecule has 10 heteroatoms. The molecule has 3 amide bonds. The number of carbonyl (C=O) groups excluding carboxylic acids is 2. The topological polar surface area (TPSA) is 130 Å². The van der Waals surface area contributed by atoms with Crippen molar-refractivity contribution in [2.75, 3.05) is 6.61 Å². The monoisotopic (exact) mass is 404 g/mol. The van der Waals surface area contributed by atoms with Crippen LogP contribution in [0.1, 0.15) is 38.4 Å². The van der Waals surface area contributed by atoms with Gasteiger partial charge in [-0.15, -0.1) is 5.10 Å². The summed E-state index contributed by atoms with van der Waals surface area (Å²) in [5.74, 6) is 0.326. The van der Waals surface area contributed by atoms with Crippen LogP contribution in [0.15, 0.2) is 30.5 Å². The largest absolute Gasteiger partial charge is 0.494 e. The highest BCUT2D eigenvalue weighted by molar-refractivity contribution is 5.86. The number of ether oxygens (including phenoxy) is 1. The molecule has 4 N–H and O–H groups in total. The molecular weight excluding hydrogens is 376 g/mol. The number of hydrogen-bond donors (Lipinski definition) is 4. The number of amides is 3. The third kappa shape index (κ3) is 7.41. The van der Waals surface area contributed by atoms with Gasteiger partial charge in [-0.2, -0.15) is 0 Å². The number of carbonyl (C=O) groups is 2. The van der Waals surface area contributed by atoms with Crippen molar-refractivity contribution in [3.05, 3.63) is 41.7 Å². The first-order valence-corrected chi connectivity index (χ1v) is 9.50. The maximum absolute atomic E-state index is 12.1. The minimum atomic E-state index is -0.824. The van der Waals surface area contributed by atoms with Crippen molar-refractivity contribution in [3.8, 4) is 5.75 Å². The Labute approximate surface area is 169 Å². The summed E-state index contributed by atoms with van der Waals surface area (Å²) < 4.78 is 7.09. The van der Waals surface area contributed by atoms with E-state index in [1.165, 1.54) is 0 Å². The molecule has 0 spiro atoms. The van der Waals surface area contributed by atoms with E-state index in [4.69, 9.17) is 9.94 Å². The predicted octanol–water partition coefficient (Wildman–Crippen LogP) is 1.44. The highest BCUT2D eigenvalue weighted by atomic mass is 16.5. The van der Waals surface area contributed by atoms with E-state index in [-0.39, 0.29) is 12.5 Å². The molecule has 0 aliphatic carbocycles. The minimum Gasteiger partial charge on any atom is -0.494 e. The normalized spacial score (nSPS) is 11.8. The van der Waals surface area contributed by atoms with Crippen molar-refractivity contribution < 1.29 is 19.5 Å². The second kappa shape index (κ2) is 11.0. The van der Waals surface area contributed by atoms with Gasteiger partial charge in [-0.25, -0.2) is 15.0 Å². The smallest absolute Gasteiger partial charge is 0.315 e. The molecule has 1 aromatic heterocycles. The van der Waals surface area contributed by atoms with Crippen LogP contribution < -0.4 is 20.9 Å². The molecule has 2 rings (SSSR count). The number of rotatable bonds is 10. The van der Waals surface area contributed by atoms with E-state index in [0.717, 1.165) is 11.3 Å². The SMILES string of the molecule is CCOc1ccc(Cn2cc(CNC(=O)N[C@@H](CC(C)C)C(=O)NO)nn2)cc1. The standard InChI is InChI=1S/C19H28N6O4/c1-4-29-16-7-5-14(6-8-16)11-25-12-15(22-24-25)10-20-19(27)21-17(9-13(2)3)18(26)23-28/h5-8,12-13,17,28H,4,9-11H2,1-3H3,(H,23,26)(H2,20,21,27)/t17-/m0/s1. The van der Waals surface area contributed by atoms with Crippen LogP contribution >= 0.6 is 0 Å². The van der Waals surface area contributed by atoms with E-state index in [0.29, 0.717) is 25.3 Å². The number of hydroxylamine groups is 1. The van der Waals surface area contributed by atoms with Crippen LogP contribution in [0.2, 0.25) is 0 Å². The number of nitrogens with one attached hydrogen (secondary N) is 3. The van der Waals surface area contributed by atoms with Crippen LogP contribution in [-0.2, 0) is 17.9 Å². The van der Waals surface area contributed by atoms with Crippen LogP contribution in [0, 0.1) is 5.92 Å². The number of benzene rings is 1. The van der Waals surface area contributed by atoms with E-state index >= 15 is 0 Å². The van der Waals surface area contributed by atoms with Gasteiger partial charge in [0, 0.05) is 0 Å². The molecule has 0 radical (unpaired) electrons. The number of nitrogens with zero attached hydrogens (tertiary/aromatic N) is 3. The Morgan fingerprint density at radius 3 is 2.59 bits per heavy atom. The minimum absolute atomic E-state index is 0.157. The van der Waals surface area contributed by atoms with Crippen LogP contribution in [0.5, 0.6) is 5.75 Å². The van der Waals surface area contributed by atoms with E-state index in [1.54, 1.807) is 16.4 Å². The summed E-state index contributed by atoms with van der Waals surface area (Å²) in [6.45, 7) is 7.09. The lowest BCUT2D eigenvalue weighted by Crippen LogP contribution is -2.49. The predicted molar refractivity (Wildman–Crippen MR) is 105 cm³/mol. The van der Waals surface area contributed by atoms with Gasteiger partial charge in [0.2, 0.25) is 0 Å². The molecule has 0 aliphatic heterocycles. The first-order chi connectivity index (χ1) is 13.9. The molecular formula is C19H28N6O4. The van der Waals surface area contributed by atoms with Crippen molar-refractivity contribution in [2.45, 2.75) is 46.3 Å². The van der Waals surface area contributed by atoms with Crippen molar-refractivity contribution in [1.82, 2.24) is 31.1 Å². The van der Waals surface area contributed by atoms with Gasteiger partial charge in [0.05, 0.1) is 25.9 Å². The lowest BCUT2D eigenvalue weighted by atomic mass is 10.0. The average molecular weight is 404 g/mol. The summed E-state index contributed by atoms with van der Waals surface area (Å²) in [6.07, 6.45) is 2.14. The highest BCUT2D eigenvalue weighted by Crippen LogP contribution is 2.13. The van der Waals surface area contributed by atoms with Crippen molar-refractivity contribution >= 4 is 11.9 Å². The number of aromatic nitrogens is 3. The Hall–Kier alpha value is -3.14. The van der Waals surface area contributed by atoms with Gasteiger partial charge in [-0.3, -0.25) is 10.0 Å². The Bertz CT molecular complexity index is 790. The maximum Gasteiger partial charge on any atom is 0.315 e. The fourth-order valence-electron chi connectivity index (χ4n) is 2.70. The Morgan fingerprint density at radius 1 is 1.24 bits per heavy atom. The molecule has 158 valence electrons. The average Bonchev–Trinajstić information content (AvgIpc) is 3.14. The molecule has 1 heterocycles. The van der Waals surface area contributed by atoms with Crippen molar-refractivity contribution in [1.29, 1.82) is 0 Å². The second-order valence-corrected chi connectivity index (χ2v) is 6.97. The maximum atomic E-state index is 12.1. The van der Waals surface area contributed by atoms with Crippen LogP contribution in [-0.4, -0.2) is 44.8 Å². The summed E-state index contributed by atoms with van der Waals surface area (Å²) in [4.78, 5) is 23.7. The number of hydrogen-bond acceptors (Lipinski definition) is 6. The molecule has 2 aromatic rings. The van der Waals surface area contributed by atoms with Gasteiger partial charge in [0.15, 0.2) is 0 Å². The molecule has 1 aromatic carbocycles. The van der Waals surface area contributed by atoms with Crippen molar-refractivity contribution in [2.24, 2.45) is 5.92 Å². The molecule has 0 saturated carbocycles. The fourth-order valence-corrected chi connectivity index (χ4v) is 2.70. The van der Waals surface area contributed by atoms with Gasteiger partial charge >= 0.3 is 6.03 Å². The third-order valence-corrected chi connectivity index (χ3v) is 4.03. The molecule has 0 unspecified atom stereocenters. The first-order valence-electron chi connectivity index (χ1n) is 9.50. The number of urea groups is 1. The molecule has 0 bridgehead atoms. The Kier molecular flexibility index (Phi) is 8.41. The van der Waals surface area contributed by atoms with E-state index < -0.39 is 18.0 Å². The van der Waals surface area contributed by atoms with E-state index in [2.05, 4.69) is 20.9 Å². The van der Waals surface area contributed by atoms with Gasteiger partial charge in [0.25, 0.3) is 5.91 Å². The lowest BCUT2D eigenvalue weighted by Gasteiger charge is -2.18. The quantitative estimate of drug-likeness (QED) is 0.350. The van der Waals surface area contributed by atoms with Crippen LogP contribution in [0.3, 0.4) is 0 Å². The van der Waals surface area contributed by atoms with Gasteiger partial charge in [-0.1, -0.05) is 31.2 Å². The molecule has 0 saturated heterocycles. The van der Waals surface area contributed by atoms with Crippen LogP contribution in [0.4, 0.5) is 4.79 Å². The molecule has 0 aliphatic rings. The zero-order valence-corrected chi connectivity index (χ0v) is 16.9. The zero-order valence-electron chi connectivity index (χ0n) is 16.9. The van der Waals surface area contributed by atoms with Gasteiger partial charge in [0.1, 0.15) is 17.5 Å². The third-order valence-electron chi connectivity index (χ3n) is 4.03. The highest BCUT2D eigenvalue weighted by Gasteiger charge is 2.21. The molecule has 29 heavy (non-hydrogen) atoms. The summed E-state index contributed by atoms with van der Waals surface area (Å²) in [5.41, 5.74) is 3.20. The summed E-state index contributed by atoms with van der Waals surface area (Å²) >= 11 is 0. The van der Waals surface area contributed by atoms with Crippen LogP contribution in [0.25, 0.3) is 0 Å². The first kappa shape index (κ1) is 22.2. The summed E-state index contributed by atoms with van der Waals surface area (Å²) in [6, 6.07) is 6.37. The summed E-state index contributed by atoms with van der Waals surface area (Å²) in [7, 11) is 0. The molecule has 1 atom stereocenters. The Balaban J connectivity index is 1.84. The molecule has 0 fully saturated rings. The zero-order chi connectivity index (χ0) is 21.2. The van der Waals surface area contributed by atoms with Crippen molar-refractivity contribution in [3.63, 3.8) is 0 Å². The second-order valence-electron chi connectivity index (χ2n) is 6.97. The fraction of sp³-hybridized carbons (Fsp3) is 0.474. The Morgan fingerprint density at radius 2 is 1.97 bits per heavy atom.